The van der Waals surface area contributed by atoms with Crippen LogP contribution in [0.5, 0.6) is 11.5 Å². The number of ether oxygens (including phenoxy) is 2. The molecule has 2 aliphatic rings. The van der Waals surface area contributed by atoms with E-state index in [1.807, 2.05) is 6.07 Å². The van der Waals surface area contributed by atoms with E-state index >= 15 is 0 Å². The fraction of sp³-hybridized carbons (Fsp3) is 0.429. The molecule has 0 unspecified atom stereocenters. The van der Waals surface area contributed by atoms with Crippen molar-refractivity contribution in [1.82, 2.24) is 10.2 Å². The Morgan fingerprint density at radius 2 is 1.72 bits per heavy atom. The number of fused-ring (bicyclic) bond motifs is 1. The number of benzene rings is 2. The first-order valence-electron chi connectivity index (χ1n) is 9.25. The Morgan fingerprint density at radius 1 is 0.920 bits per heavy atom. The second-order valence-electron chi connectivity index (χ2n) is 6.93. The van der Waals surface area contributed by atoms with Gasteiger partial charge >= 0.3 is 0 Å². The highest BCUT2D eigenvalue weighted by atomic mass is 16.7. The standard InChI is InChI=1S/C21H26N2O2/c1-2-4-18(5-3-1)15-23-12-9-19(10-13-23)22-11-8-17-6-7-20-21(14-17)25-16-24-20/h1-7,14,19,22H,8-13,15-16H2. The smallest absolute Gasteiger partial charge is 0.231 e. The van der Waals surface area contributed by atoms with Crippen LogP contribution >= 0.6 is 0 Å². The number of likely N-dealkylation sites (tertiary alicyclic amines) is 1. The molecule has 0 aliphatic carbocycles. The Hall–Kier alpha value is -2.04. The van der Waals surface area contributed by atoms with Gasteiger partial charge in [0, 0.05) is 12.6 Å². The van der Waals surface area contributed by atoms with Crippen molar-refractivity contribution in [2.24, 2.45) is 0 Å². The predicted octanol–water partition coefficient (Wildman–Crippen LogP) is 3.21. The number of hydrogen-bond acceptors (Lipinski definition) is 4. The highest BCUT2D eigenvalue weighted by Crippen LogP contribution is 2.32. The summed E-state index contributed by atoms with van der Waals surface area (Å²) in [7, 11) is 0. The second kappa shape index (κ2) is 7.89. The summed E-state index contributed by atoms with van der Waals surface area (Å²) in [6.45, 7) is 4.79. The molecule has 4 heteroatoms. The maximum absolute atomic E-state index is 5.45. The average molecular weight is 338 g/mol. The summed E-state index contributed by atoms with van der Waals surface area (Å²) in [5, 5.41) is 3.72. The van der Waals surface area contributed by atoms with Crippen LogP contribution in [0.3, 0.4) is 0 Å². The summed E-state index contributed by atoms with van der Waals surface area (Å²) in [6.07, 6.45) is 3.49. The quantitative estimate of drug-likeness (QED) is 0.877. The van der Waals surface area contributed by atoms with E-state index < -0.39 is 0 Å². The summed E-state index contributed by atoms with van der Waals surface area (Å²) < 4.78 is 10.8. The Balaban J connectivity index is 1.18. The van der Waals surface area contributed by atoms with Crippen LogP contribution in [0.25, 0.3) is 0 Å². The largest absolute Gasteiger partial charge is 0.454 e. The molecule has 2 aliphatic heterocycles. The van der Waals surface area contributed by atoms with E-state index in [9.17, 15) is 0 Å². The normalized spacial score (nSPS) is 17.8. The molecule has 4 rings (SSSR count). The molecule has 0 amide bonds. The van der Waals surface area contributed by atoms with E-state index in [-0.39, 0.29) is 0 Å². The van der Waals surface area contributed by atoms with Gasteiger partial charge in [-0.15, -0.1) is 0 Å². The highest BCUT2D eigenvalue weighted by molar-refractivity contribution is 5.44. The van der Waals surface area contributed by atoms with Crippen LogP contribution in [-0.2, 0) is 13.0 Å². The summed E-state index contributed by atoms with van der Waals surface area (Å²) in [5.41, 5.74) is 2.72. The summed E-state index contributed by atoms with van der Waals surface area (Å²) in [4.78, 5) is 2.56. The molecular formula is C21H26N2O2. The zero-order valence-electron chi connectivity index (χ0n) is 14.6. The lowest BCUT2D eigenvalue weighted by Gasteiger charge is -2.32. The lowest BCUT2D eigenvalue weighted by atomic mass is 10.0. The third-order valence-electron chi connectivity index (χ3n) is 5.12. The van der Waals surface area contributed by atoms with E-state index in [0.717, 1.165) is 31.0 Å². The van der Waals surface area contributed by atoms with E-state index in [1.54, 1.807) is 0 Å². The molecule has 1 N–H and O–H groups in total. The SMILES string of the molecule is c1ccc(CN2CCC(NCCc3ccc4c(c3)OCO4)CC2)cc1. The lowest BCUT2D eigenvalue weighted by molar-refractivity contribution is 0.174. The topological polar surface area (TPSA) is 33.7 Å². The first-order valence-corrected chi connectivity index (χ1v) is 9.25. The van der Waals surface area contributed by atoms with Crippen LogP contribution in [0.4, 0.5) is 0 Å². The molecule has 0 bridgehead atoms. The third-order valence-corrected chi connectivity index (χ3v) is 5.12. The second-order valence-corrected chi connectivity index (χ2v) is 6.93. The zero-order chi connectivity index (χ0) is 16.9. The number of rotatable bonds is 6. The Kier molecular flexibility index (Phi) is 5.19. The van der Waals surface area contributed by atoms with Crippen molar-refractivity contribution in [2.75, 3.05) is 26.4 Å². The van der Waals surface area contributed by atoms with Gasteiger partial charge in [-0.2, -0.15) is 0 Å². The molecule has 1 saturated heterocycles. The molecule has 2 aromatic carbocycles. The van der Waals surface area contributed by atoms with Gasteiger partial charge in [0.25, 0.3) is 0 Å². The maximum Gasteiger partial charge on any atom is 0.231 e. The van der Waals surface area contributed by atoms with E-state index in [1.165, 1.54) is 37.1 Å². The minimum atomic E-state index is 0.346. The van der Waals surface area contributed by atoms with Crippen molar-refractivity contribution < 1.29 is 9.47 Å². The van der Waals surface area contributed by atoms with E-state index in [4.69, 9.17) is 9.47 Å². The van der Waals surface area contributed by atoms with Gasteiger partial charge in [0.1, 0.15) is 0 Å². The zero-order valence-corrected chi connectivity index (χ0v) is 14.6. The van der Waals surface area contributed by atoms with Crippen molar-refractivity contribution in [3.8, 4) is 11.5 Å². The van der Waals surface area contributed by atoms with Gasteiger partial charge in [0.15, 0.2) is 11.5 Å². The van der Waals surface area contributed by atoms with Gasteiger partial charge in [0.2, 0.25) is 6.79 Å². The maximum atomic E-state index is 5.45. The van der Waals surface area contributed by atoms with E-state index in [0.29, 0.717) is 12.8 Å². The molecule has 0 aromatic heterocycles. The fourth-order valence-corrected chi connectivity index (χ4v) is 3.65. The number of nitrogens with zero attached hydrogens (tertiary/aromatic N) is 1. The van der Waals surface area contributed by atoms with Crippen molar-refractivity contribution in [3.05, 3.63) is 59.7 Å². The summed E-state index contributed by atoms with van der Waals surface area (Å²) in [5.74, 6) is 1.74. The van der Waals surface area contributed by atoms with Gasteiger partial charge in [-0.3, -0.25) is 4.90 Å². The molecule has 2 aromatic rings. The van der Waals surface area contributed by atoms with Crippen LogP contribution in [0.15, 0.2) is 48.5 Å². The average Bonchev–Trinajstić information content (AvgIpc) is 3.12. The molecule has 0 atom stereocenters. The van der Waals surface area contributed by atoms with Crippen molar-refractivity contribution >= 4 is 0 Å². The molecule has 4 nitrogen and oxygen atoms in total. The lowest BCUT2D eigenvalue weighted by Crippen LogP contribution is -2.42. The first-order chi connectivity index (χ1) is 12.4. The van der Waals surface area contributed by atoms with Gasteiger partial charge in [-0.1, -0.05) is 36.4 Å². The Labute approximate surface area is 149 Å². The monoisotopic (exact) mass is 338 g/mol. The van der Waals surface area contributed by atoms with Crippen LogP contribution in [0, 0.1) is 0 Å². The number of piperidine rings is 1. The van der Waals surface area contributed by atoms with Crippen LogP contribution < -0.4 is 14.8 Å². The molecule has 0 spiro atoms. The molecule has 0 saturated carbocycles. The first kappa shape index (κ1) is 16.4. The Bertz CT molecular complexity index is 682. The van der Waals surface area contributed by atoms with Gasteiger partial charge < -0.3 is 14.8 Å². The van der Waals surface area contributed by atoms with E-state index in [2.05, 4.69) is 52.7 Å². The molecule has 132 valence electrons. The summed E-state index contributed by atoms with van der Waals surface area (Å²) in [6, 6.07) is 17.7. The molecular weight excluding hydrogens is 312 g/mol. The minimum Gasteiger partial charge on any atom is -0.454 e. The van der Waals surface area contributed by atoms with Crippen molar-refractivity contribution in [1.29, 1.82) is 0 Å². The summed E-state index contributed by atoms with van der Waals surface area (Å²) >= 11 is 0. The van der Waals surface area contributed by atoms with Gasteiger partial charge in [-0.05, 0) is 62.2 Å². The predicted molar refractivity (Wildman–Crippen MR) is 99.0 cm³/mol. The Morgan fingerprint density at radius 3 is 2.56 bits per heavy atom. The molecule has 25 heavy (non-hydrogen) atoms. The molecule has 2 heterocycles. The number of hydrogen-bond donors (Lipinski definition) is 1. The minimum absolute atomic E-state index is 0.346. The number of nitrogens with one attached hydrogen (secondary N) is 1. The van der Waals surface area contributed by atoms with Crippen LogP contribution in [-0.4, -0.2) is 37.4 Å². The van der Waals surface area contributed by atoms with Crippen molar-refractivity contribution in [2.45, 2.75) is 31.8 Å². The highest BCUT2D eigenvalue weighted by Gasteiger charge is 2.19. The van der Waals surface area contributed by atoms with Crippen molar-refractivity contribution in [3.63, 3.8) is 0 Å². The van der Waals surface area contributed by atoms with Gasteiger partial charge in [0.05, 0.1) is 0 Å². The third kappa shape index (κ3) is 4.33. The fourth-order valence-electron chi connectivity index (χ4n) is 3.65. The van der Waals surface area contributed by atoms with Gasteiger partial charge in [-0.25, -0.2) is 0 Å². The van der Waals surface area contributed by atoms with Crippen LogP contribution in [0.2, 0.25) is 0 Å². The molecule has 0 radical (unpaired) electrons. The van der Waals surface area contributed by atoms with Crippen LogP contribution in [0.1, 0.15) is 24.0 Å². The molecule has 1 fully saturated rings.